The number of aryl methyl sites for hydroxylation is 1. The minimum Gasteiger partial charge on any atom is -0.496 e. The van der Waals surface area contributed by atoms with Gasteiger partial charge in [0.2, 0.25) is 0 Å². The number of hydrogen-bond donors (Lipinski definition) is 2. The highest BCUT2D eigenvalue weighted by molar-refractivity contribution is 9.10. The number of nitrogens with zero attached hydrogens (tertiary/aromatic N) is 2. The highest BCUT2D eigenvalue weighted by Gasteiger charge is 2.21. The lowest BCUT2D eigenvalue weighted by molar-refractivity contribution is 0.401. The predicted octanol–water partition coefficient (Wildman–Crippen LogP) is 2.62. The van der Waals surface area contributed by atoms with Crippen LogP contribution in [-0.2, 0) is 6.54 Å². The number of rotatable bonds is 6. The summed E-state index contributed by atoms with van der Waals surface area (Å²) in [5.74, 6) is 7.41. The van der Waals surface area contributed by atoms with Crippen LogP contribution >= 0.6 is 15.9 Å². The SMILES string of the molecule is CCCn1ccnc1C(NN)c1ccc(Br)cc1OC. The lowest BCUT2D eigenvalue weighted by Gasteiger charge is -2.20. The first-order valence-electron chi connectivity index (χ1n) is 6.51. The number of halogens is 1. The molecule has 0 aliphatic heterocycles. The zero-order valence-corrected chi connectivity index (χ0v) is 13.2. The number of imidazole rings is 1. The van der Waals surface area contributed by atoms with Gasteiger partial charge in [-0.1, -0.05) is 28.9 Å². The maximum atomic E-state index is 5.75. The molecule has 0 radical (unpaired) electrons. The highest BCUT2D eigenvalue weighted by atomic mass is 79.9. The van der Waals surface area contributed by atoms with Crippen LogP contribution in [0.15, 0.2) is 35.1 Å². The van der Waals surface area contributed by atoms with E-state index in [2.05, 4.69) is 37.8 Å². The number of aromatic nitrogens is 2. The Kier molecular flexibility index (Phi) is 5.17. The zero-order chi connectivity index (χ0) is 14.5. The number of nitrogens with one attached hydrogen (secondary N) is 1. The molecule has 0 aliphatic carbocycles. The van der Waals surface area contributed by atoms with Crippen molar-refractivity contribution in [2.75, 3.05) is 7.11 Å². The van der Waals surface area contributed by atoms with Crippen molar-refractivity contribution in [3.63, 3.8) is 0 Å². The third-order valence-electron chi connectivity index (χ3n) is 3.14. The molecule has 108 valence electrons. The fraction of sp³-hybridized carbons (Fsp3) is 0.357. The lowest BCUT2D eigenvalue weighted by atomic mass is 10.1. The molecule has 0 saturated carbocycles. The normalized spacial score (nSPS) is 12.4. The summed E-state index contributed by atoms with van der Waals surface area (Å²) in [6.07, 6.45) is 4.80. The van der Waals surface area contributed by atoms with Crippen molar-refractivity contribution in [1.29, 1.82) is 0 Å². The van der Waals surface area contributed by atoms with Crippen LogP contribution < -0.4 is 16.0 Å². The molecular formula is C14H19BrN4O. The van der Waals surface area contributed by atoms with Gasteiger partial charge in [-0.05, 0) is 18.6 Å². The number of hydrogen-bond acceptors (Lipinski definition) is 4. The van der Waals surface area contributed by atoms with Gasteiger partial charge >= 0.3 is 0 Å². The quantitative estimate of drug-likeness (QED) is 0.627. The van der Waals surface area contributed by atoms with E-state index in [0.29, 0.717) is 0 Å². The van der Waals surface area contributed by atoms with Crippen LogP contribution in [0.25, 0.3) is 0 Å². The summed E-state index contributed by atoms with van der Waals surface area (Å²) >= 11 is 3.44. The van der Waals surface area contributed by atoms with Gasteiger partial charge in [-0.2, -0.15) is 0 Å². The predicted molar refractivity (Wildman–Crippen MR) is 82.4 cm³/mol. The average molecular weight is 339 g/mol. The second-order valence-corrected chi connectivity index (χ2v) is 5.38. The van der Waals surface area contributed by atoms with Crippen LogP contribution in [0, 0.1) is 0 Å². The fourth-order valence-corrected chi connectivity index (χ4v) is 2.58. The molecule has 1 aromatic heterocycles. The van der Waals surface area contributed by atoms with Gasteiger partial charge in [0.15, 0.2) is 0 Å². The van der Waals surface area contributed by atoms with Crippen molar-refractivity contribution >= 4 is 15.9 Å². The molecule has 0 saturated heterocycles. The zero-order valence-electron chi connectivity index (χ0n) is 11.6. The molecule has 1 heterocycles. The van der Waals surface area contributed by atoms with Gasteiger partial charge in [-0.15, -0.1) is 0 Å². The van der Waals surface area contributed by atoms with E-state index in [4.69, 9.17) is 10.6 Å². The molecular weight excluding hydrogens is 320 g/mol. The molecule has 2 aromatic rings. The minimum atomic E-state index is -0.209. The topological polar surface area (TPSA) is 65.1 Å². The van der Waals surface area contributed by atoms with E-state index in [-0.39, 0.29) is 6.04 Å². The van der Waals surface area contributed by atoms with E-state index in [1.54, 1.807) is 13.3 Å². The molecule has 6 heteroatoms. The van der Waals surface area contributed by atoms with Gasteiger partial charge in [-0.3, -0.25) is 5.84 Å². The van der Waals surface area contributed by atoms with Crippen LogP contribution in [0.2, 0.25) is 0 Å². The monoisotopic (exact) mass is 338 g/mol. The van der Waals surface area contributed by atoms with Crippen molar-refractivity contribution < 1.29 is 4.74 Å². The molecule has 0 amide bonds. The van der Waals surface area contributed by atoms with Crippen LogP contribution in [0.3, 0.4) is 0 Å². The molecule has 1 aromatic carbocycles. The largest absolute Gasteiger partial charge is 0.496 e. The Bertz CT molecular complexity index is 570. The number of nitrogens with two attached hydrogens (primary N) is 1. The summed E-state index contributed by atoms with van der Waals surface area (Å²) in [7, 11) is 1.65. The molecule has 0 spiro atoms. The second kappa shape index (κ2) is 6.88. The second-order valence-electron chi connectivity index (χ2n) is 4.46. The third kappa shape index (κ3) is 3.03. The maximum Gasteiger partial charge on any atom is 0.131 e. The standard InChI is InChI=1S/C14H19BrN4O/c1-3-7-19-8-6-17-14(19)13(18-16)11-5-4-10(15)9-12(11)20-2/h4-6,8-9,13,18H,3,7,16H2,1-2H3. The maximum absolute atomic E-state index is 5.75. The first-order valence-corrected chi connectivity index (χ1v) is 7.31. The van der Waals surface area contributed by atoms with Crippen molar-refractivity contribution in [2.24, 2.45) is 5.84 Å². The van der Waals surface area contributed by atoms with Crippen molar-refractivity contribution in [3.05, 3.63) is 46.5 Å². The molecule has 2 rings (SSSR count). The Morgan fingerprint density at radius 3 is 2.95 bits per heavy atom. The van der Waals surface area contributed by atoms with E-state index < -0.39 is 0 Å². The van der Waals surface area contributed by atoms with Crippen LogP contribution in [0.4, 0.5) is 0 Å². The van der Waals surface area contributed by atoms with E-state index in [0.717, 1.165) is 34.6 Å². The van der Waals surface area contributed by atoms with Crippen LogP contribution in [0.1, 0.15) is 30.8 Å². The number of benzene rings is 1. The van der Waals surface area contributed by atoms with Gasteiger partial charge in [0.25, 0.3) is 0 Å². The molecule has 0 aliphatic rings. The Balaban J connectivity index is 2.44. The fourth-order valence-electron chi connectivity index (χ4n) is 2.24. The average Bonchev–Trinajstić information content (AvgIpc) is 2.90. The van der Waals surface area contributed by atoms with Gasteiger partial charge in [0.1, 0.15) is 17.6 Å². The Hall–Kier alpha value is -1.37. The number of ether oxygens (including phenoxy) is 1. The molecule has 5 nitrogen and oxygen atoms in total. The van der Waals surface area contributed by atoms with Crippen LogP contribution in [-0.4, -0.2) is 16.7 Å². The number of hydrazine groups is 1. The summed E-state index contributed by atoms with van der Waals surface area (Å²) in [5.41, 5.74) is 3.80. The van der Waals surface area contributed by atoms with Gasteiger partial charge < -0.3 is 9.30 Å². The van der Waals surface area contributed by atoms with Crippen molar-refractivity contribution in [1.82, 2.24) is 15.0 Å². The van der Waals surface area contributed by atoms with E-state index in [1.807, 2.05) is 24.4 Å². The Labute approximate surface area is 127 Å². The summed E-state index contributed by atoms with van der Waals surface area (Å²) < 4.78 is 8.51. The van der Waals surface area contributed by atoms with Gasteiger partial charge in [0, 0.05) is 29.0 Å². The van der Waals surface area contributed by atoms with E-state index in [1.165, 1.54) is 0 Å². The summed E-state index contributed by atoms with van der Waals surface area (Å²) in [6.45, 7) is 3.04. The lowest BCUT2D eigenvalue weighted by Crippen LogP contribution is -2.31. The first-order chi connectivity index (χ1) is 9.71. The third-order valence-corrected chi connectivity index (χ3v) is 3.64. The first kappa shape index (κ1) is 15.0. The molecule has 0 bridgehead atoms. The minimum absolute atomic E-state index is 0.209. The summed E-state index contributed by atoms with van der Waals surface area (Å²) in [4.78, 5) is 4.43. The van der Waals surface area contributed by atoms with E-state index >= 15 is 0 Å². The van der Waals surface area contributed by atoms with Gasteiger partial charge in [0.05, 0.1) is 7.11 Å². The van der Waals surface area contributed by atoms with Crippen molar-refractivity contribution in [3.8, 4) is 5.75 Å². The molecule has 1 unspecified atom stereocenters. The van der Waals surface area contributed by atoms with Crippen molar-refractivity contribution in [2.45, 2.75) is 25.9 Å². The van der Waals surface area contributed by atoms with Crippen LogP contribution in [0.5, 0.6) is 5.75 Å². The molecule has 20 heavy (non-hydrogen) atoms. The van der Waals surface area contributed by atoms with Gasteiger partial charge in [-0.25, -0.2) is 10.4 Å². The smallest absolute Gasteiger partial charge is 0.131 e. The summed E-state index contributed by atoms with van der Waals surface area (Å²) in [5, 5.41) is 0. The Morgan fingerprint density at radius 2 is 2.30 bits per heavy atom. The Morgan fingerprint density at radius 1 is 1.50 bits per heavy atom. The highest BCUT2D eigenvalue weighted by Crippen LogP contribution is 2.31. The molecule has 1 atom stereocenters. The summed E-state index contributed by atoms with van der Waals surface area (Å²) in [6, 6.07) is 5.67. The molecule has 0 fully saturated rings. The van der Waals surface area contributed by atoms with E-state index in [9.17, 15) is 0 Å². The molecule has 3 N–H and O–H groups in total. The number of methoxy groups -OCH3 is 1.